The molecule has 1 saturated heterocycles. The Balaban J connectivity index is 1.51. The van der Waals surface area contributed by atoms with Gasteiger partial charge in [0, 0.05) is 31.0 Å². The largest absolute Gasteiger partial charge is 0.492 e. The number of sulfonamides is 1. The lowest BCUT2D eigenvalue weighted by atomic mass is 9.83. The minimum Gasteiger partial charge on any atom is -0.492 e. The number of fused-ring (bicyclic) bond motifs is 1. The van der Waals surface area contributed by atoms with Crippen LogP contribution in [0.2, 0.25) is 0 Å². The fourth-order valence-corrected chi connectivity index (χ4v) is 6.14. The van der Waals surface area contributed by atoms with Gasteiger partial charge in [-0.3, -0.25) is 9.62 Å². The van der Waals surface area contributed by atoms with Gasteiger partial charge in [0.15, 0.2) is 0 Å². The normalized spacial score (nSPS) is 17.1. The fourth-order valence-electron chi connectivity index (χ4n) is 5.17. The molecule has 0 bridgehead atoms. The molecule has 4 rings (SSSR count). The summed E-state index contributed by atoms with van der Waals surface area (Å²) >= 11 is 0. The summed E-state index contributed by atoms with van der Waals surface area (Å²) in [6.07, 6.45) is 4.39. The standard InChI is InChI=1S/C28H41N3O7S/c1-28(2,32)23-5-8-31(9-6-23)10-12-38-26-17-20(15-22-19-37-11-7-24(22)26)21-16-25(27(36-4)29-18-21)30-39(33,34)14-13-35-3/h15-18,23,30,32H,5-14,19H2,1-4H3. The lowest BCUT2D eigenvalue weighted by molar-refractivity contribution is -0.0137. The maximum Gasteiger partial charge on any atom is 0.238 e. The number of nitrogens with one attached hydrogen (secondary N) is 1. The molecule has 2 aromatic rings. The number of hydrogen-bond acceptors (Lipinski definition) is 9. The lowest BCUT2D eigenvalue weighted by Crippen LogP contribution is -2.43. The predicted octanol–water partition coefficient (Wildman–Crippen LogP) is 3.08. The van der Waals surface area contributed by atoms with E-state index in [1.54, 1.807) is 12.3 Å². The Labute approximate surface area is 231 Å². The number of likely N-dealkylation sites (tertiary alicyclic amines) is 1. The van der Waals surface area contributed by atoms with Gasteiger partial charge in [-0.05, 0) is 81.4 Å². The fraction of sp³-hybridized carbons (Fsp3) is 0.607. The van der Waals surface area contributed by atoms with Gasteiger partial charge in [0.25, 0.3) is 0 Å². The van der Waals surface area contributed by atoms with Crippen LogP contribution in [0.1, 0.15) is 37.8 Å². The molecular formula is C28H41N3O7S. The van der Waals surface area contributed by atoms with Crippen LogP contribution in [0.5, 0.6) is 11.6 Å². The number of hydrogen-bond donors (Lipinski definition) is 2. The van der Waals surface area contributed by atoms with Crippen molar-refractivity contribution in [3.63, 3.8) is 0 Å². The van der Waals surface area contributed by atoms with Gasteiger partial charge in [-0.25, -0.2) is 13.4 Å². The molecule has 2 N–H and O–H groups in total. The molecule has 0 amide bonds. The molecule has 2 aliphatic rings. The van der Waals surface area contributed by atoms with Gasteiger partial charge in [0.1, 0.15) is 18.0 Å². The zero-order valence-electron chi connectivity index (χ0n) is 23.4. The zero-order chi connectivity index (χ0) is 28.0. The summed E-state index contributed by atoms with van der Waals surface area (Å²) in [6.45, 7) is 8.26. The molecular weight excluding hydrogens is 522 g/mol. The summed E-state index contributed by atoms with van der Waals surface area (Å²) < 4.78 is 49.9. The highest BCUT2D eigenvalue weighted by Gasteiger charge is 2.30. The average Bonchev–Trinajstić information content (AvgIpc) is 2.91. The number of aliphatic hydroxyl groups is 1. The van der Waals surface area contributed by atoms with Crippen LogP contribution in [0.3, 0.4) is 0 Å². The molecule has 0 atom stereocenters. The van der Waals surface area contributed by atoms with Crippen molar-refractivity contribution in [1.29, 1.82) is 0 Å². The molecule has 216 valence electrons. The summed E-state index contributed by atoms with van der Waals surface area (Å²) in [4.78, 5) is 6.74. The van der Waals surface area contributed by atoms with Gasteiger partial charge in [-0.2, -0.15) is 0 Å². The number of methoxy groups -OCH3 is 2. The van der Waals surface area contributed by atoms with E-state index in [9.17, 15) is 13.5 Å². The van der Waals surface area contributed by atoms with Crippen molar-refractivity contribution in [3.05, 3.63) is 35.5 Å². The van der Waals surface area contributed by atoms with Gasteiger partial charge in [0.2, 0.25) is 15.9 Å². The van der Waals surface area contributed by atoms with E-state index in [0.717, 1.165) is 66.9 Å². The van der Waals surface area contributed by atoms with E-state index in [-0.39, 0.29) is 23.9 Å². The Morgan fingerprint density at radius 1 is 1.15 bits per heavy atom. The molecule has 0 spiro atoms. The summed E-state index contributed by atoms with van der Waals surface area (Å²) in [7, 11) is -0.739. The molecule has 2 aliphatic heterocycles. The van der Waals surface area contributed by atoms with Crippen LogP contribution in [-0.4, -0.2) is 88.4 Å². The Bertz CT molecular complexity index is 1220. The first kappa shape index (κ1) is 29.5. The Morgan fingerprint density at radius 2 is 1.92 bits per heavy atom. The van der Waals surface area contributed by atoms with Crippen molar-refractivity contribution in [2.45, 2.75) is 45.3 Å². The predicted molar refractivity (Wildman–Crippen MR) is 150 cm³/mol. The van der Waals surface area contributed by atoms with E-state index in [1.807, 2.05) is 19.9 Å². The number of piperidine rings is 1. The Morgan fingerprint density at radius 3 is 2.62 bits per heavy atom. The van der Waals surface area contributed by atoms with Gasteiger partial charge in [-0.1, -0.05) is 0 Å². The van der Waals surface area contributed by atoms with E-state index in [4.69, 9.17) is 18.9 Å². The van der Waals surface area contributed by atoms with Crippen LogP contribution >= 0.6 is 0 Å². The van der Waals surface area contributed by atoms with Crippen LogP contribution in [-0.2, 0) is 32.5 Å². The number of anilines is 1. The maximum absolute atomic E-state index is 12.5. The van der Waals surface area contributed by atoms with Crippen LogP contribution in [0.4, 0.5) is 5.69 Å². The second-order valence-corrected chi connectivity index (χ2v) is 12.6. The lowest BCUT2D eigenvalue weighted by Gasteiger charge is -2.37. The van der Waals surface area contributed by atoms with Gasteiger partial charge in [0.05, 0.1) is 38.3 Å². The molecule has 0 unspecified atom stereocenters. The van der Waals surface area contributed by atoms with E-state index < -0.39 is 15.6 Å². The maximum atomic E-state index is 12.5. The first-order chi connectivity index (χ1) is 18.6. The van der Waals surface area contributed by atoms with Crippen LogP contribution in [0, 0.1) is 5.92 Å². The molecule has 3 heterocycles. The highest BCUT2D eigenvalue weighted by atomic mass is 32.2. The second-order valence-electron chi connectivity index (χ2n) is 10.7. The summed E-state index contributed by atoms with van der Waals surface area (Å²) in [5.41, 5.74) is 3.41. The minimum absolute atomic E-state index is 0.0771. The third kappa shape index (κ3) is 7.82. The number of nitrogens with zero attached hydrogens (tertiary/aromatic N) is 2. The molecule has 10 nitrogen and oxygen atoms in total. The molecule has 39 heavy (non-hydrogen) atoms. The molecule has 0 saturated carbocycles. The van der Waals surface area contributed by atoms with E-state index in [2.05, 4.69) is 20.7 Å². The molecule has 1 aromatic heterocycles. The van der Waals surface area contributed by atoms with E-state index >= 15 is 0 Å². The first-order valence-corrected chi connectivity index (χ1v) is 15.1. The first-order valence-electron chi connectivity index (χ1n) is 13.4. The minimum atomic E-state index is -3.64. The molecule has 0 radical (unpaired) electrons. The van der Waals surface area contributed by atoms with Crippen molar-refractivity contribution < 1.29 is 32.5 Å². The van der Waals surface area contributed by atoms with Crippen molar-refractivity contribution >= 4 is 15.7 Å². The van der Waals surface area contributed by atoms with Gasteiger partial charge >= 0.3 is 0 Å². The third-order valence-corrected chi connectivity index (χ3v) is 8.74. The van der Waals surface area contributed by atoms with Crippen LogP contribution in [0.15, 0.2) is 24.4 Å². The zero-order valence-corrected chi connectivity index (χ0v) is 24.2. The Hall–Kier alpha value is -2.44. The summed E-state index contributed by atoms with van der Waals surface area (Å²) in [5, 5.41) is 10.3. The average molecular weight is 564 g/mol. The van der Waals surface area contributed by atoms with Crippen molar-refractivity contribution in [2.75, 3.05) is 64.1 Å². The summed E-state index contributed by atoms with van der Waals surface area (Å²) in [5.74, 6) is 1.15. The summed E-state index contributed by atoms with van der Waals surface area (Å²) in [6, 6.07) is 5.77. The topological polar surface area (TPSA) is 119 Å². The molecule has 11 heteroatoms. The van der Waals surface area contributed by atoms with Crippen LogP contribution < -0.4 is 14.2 Å². The Kier molecular flexibility index (Phi) is 9.71. The SMILES string of the molecule is COCCS(=O)(=O)Nc1cc(-c2cc3c(c(OCCN4CCC(C(C)(C)O)CC4)c2)CCOC3)cnc1OC. The highest BCUT2D eigenvalue weighted by Crippen LogP contribution is 2.36. The molecule has 0 aliphatic carbocycles. The van der Waals surface area contributed by atoms with Crippen molar-refractivity contribution in [1.82, 2.24) is 9.88 Å². The smallest absolute Gasteiger partial charge is 0.238 e. The van der Waals surface area contributed by atoms with Gasteiger partial charge in [-0.15, -0.1) is 0 Å². The van der Waals surface area contributed by atoms with E-state index in [1.165, 1.54) is 14.2 Å². The van der Waals surface area contributed by atoms with Gasteiger partial charge < -0.3 is 24.1 Å². The highest BCUT2D eigenvalue weighted by molar-refractivity contribution is 7.92. The number of ether oxygens (including phenoxy) is 4. The van der Waals surface area contributed by atoms with E-state index in [0.29, 0.717) is 25.7 Å². The van der Waals surface area contributed by atoms with Crippen molar-refractivity contribution in [3.8, 4) is 22.8 Å². The molecule has 1 fully saturated rings. The van der Waals surface area contributed by atoms with Crippen LogP contribution in [0.25, 0.3) is 11.1 Å². The quantitative estimate of drug-likeness (QED) is 0.402. The monoisotopic (exact) mass is 563 g/mol. The van der Waals surface area contributed by atoms with Crippen molar-refractivity contribution in [2.24, 2.45) is 5.92 Å². The second kappa shape index (κ2) is 12.8. The molecule has 1 aromatic carbocycles. The number of aromatic nitrogens is 1. The number of pyridine rings is 1. The number of benzene rings is 1. The third-order valence-electron chi connectivity index (χ3n) is 7.51. The number of rotatable bonds is 12.